The monoisotopic (exact) mass is 213 g/mol. The Hall–Kier alpha value is -0.110. The van der Waals surface area contributed by atoms with Crippen molar-refractivity contribution in [3.63, 3.8) is 0 Å². The lowest BCUT2D eigenvalue weighted by Gasteiger charge is -2.28. The third kappa shape index (κ3) is 3.56. The van der Waals surface area contributed by atoms with Crippen molar-refractivity contribution in [1.29, 1.82) is 0 Å². The van der Waals surface area contributed by atoms with Crippen molar-refractivity contribution in [2.75, 3.05) is 12.8 Å². The summed E-state index contributed by atoms with van der Waals surface area (Å²) in [7, 11) is 2.24. The molecule has 0 N–H and O–H groups in total. The van der Waals surface area contributed by atoms with E-state index in [4.69, 9.17) is 0 Å². The predicted molar refractivity (Wildman–Crippen MR) is 66.5 cm³/mol. The van der Waals surface area contributed by atoms with E-state index in [1.54, 1.807) is 0 Å². The van der Waals surface area contributed by atoms with Gasteiger partial charge in [0.2, 0.25) is 0 Å². The molecule has 1 aliphatic rings. The highest BCUT2D eigenvalue weighted by molar-refractivity contribution is 8.02. The van der Waals surface area contributed by atoms with Crippen molar-refractivity contribution in [2.24, 2.45) is 0 Å². The molecule has 1 rings (SSSR count). The number of unbranched alkanes of at least 4 members (excludes halogenated alkanes) is 2. The summed E-state index contributed by atoms with van der Waals surface area (Å²) in [5, 5.41) is 2.31. The molecule has 0 aromatic carbocycles. The Morgan fingerprint density at radius 3 is 3.00 bits per heavy atom. The molecule has 1 heterocycles. The predicted octanol–water partition coefficient (Wildman–Crippen LogP) is 3.87. The van der Waals surface area contributed by atoms with Crippen LogP contribution in [0.15, 0.2) is 11.1 Å². The highest BCUT2D eigenvalue weighted by atomic mass is 32.2. The Morgan fingerprint density at radius 1 is 1.50 bits per heavy atom. The third-order valence-corrected chi connectivity index (χ3v) is 4.05. The molecule has 1 aliphatic heterocycles. The third-order valence-electron chi connectivity index (χ3n) is 3.07. The van der Waals surface area contributed by atoms with E-state index < -0.39 is 0 Å². The number of hydrogen-bond acceptors (Lipinski definition) is 2. The molecule has 0 aliphatic carbocycles. The van der Waals surface area contributed by atoms with Crippen molar-refractivity contribution in [2.45, 2.75) is 52.0 Å². The number of hydrogen-bond donors (Lipinski definition) is 0. The van der Waals surface area contributed by atoms with Gasteiger partial charge >= 0.3 is 0 Å². The van der Waals surface area contributed by atoms with Crippen LogP contribution in [0.25, 0.3) is 0 Å². The van der Waals surface area contributed by atoms with Gasteiger partial charge in [0.1, 0.15) is 0 Å². The van der Waals surface area contributed by atoms with Crippen LogP contribution < -0.4 is 0 Å². The maximum atomic E-state index is 2.47. The Bertz CT molecular complexity index is 189. The lowest BCUT2D eigenvalue weighted by atomic mass is 10.0. The molecule has 0 fully saturated rings. The van der Waals surface area contributed by atoms with E-state index in [-0.39, 0.29) is 0 Å². The van der Waals surface area contributed by atoms with Crippen LogP contribution in [0.4, 0.5) is 0 Å². The van der Waals surface area contributed by atoms with E-state index in [1.807, 2.05) is 11.8 Å². The molecule has 0 saturated carbocycles. The maximum Gasteiger partial charge on any atom is 0.0291 e. The van der Waals surface area contributed by atoms with Gasteiger partial charge in [0.05, 0.1) is 0 Å². The Kier molecular flexibility index (Phi) is 5.46. The zero-order valence-electron chi connectivity index (χ0n) is 9.75. The highest BCUT2D eigenvalue weighted by Crippen LogP contribution is 2.24. The normalized spacial score (nSPS) is 23.2. The van der Waals surface area contributed by atoms with Gasteiger partial charge in [-0.3, -0.25) is 0 Å². The van der Waals surface area contributed by atoms with Gasteiger partial charge in [-0.15, -0.1) is 11.8 Å². The van der Waals surface area contributed by atoms with Crippen LogP contribution in [0.1, 0.15) is 46.0 Å². The minimum absolute atomic E-state index is 0.785. The van der Waals surface area contributed by atoms with Crippen LogP contribution in [0.3, 0.4) is 0 Å². The first-order valence-corrected chi connectivity index (χ1v) is 6.81. The molecule has 2 heteroatoms. The van der Waals surface area contributed by atoms with Crippen molar-refractivity contribution in [3.05, 3.63) is 11.1 Å². The van der Waals surface area contributed by atoms with Gasteiger partial charge in [-0.1, -0.05) is 26.2 Å². The standard InChI is InChI=1S/C12H23NS/c1-4-5-6-7-12-8-9-14-10-11(2)13(12)3/h10,12H,4-9H2,1-3H3. The summed E-state index contributed by atoms with van der Waals surface area (Å²) >= 11 is 1.97. The van der Waals surface area contributed by atoms with Gasteiger partial charge in [-0.25, -0.2) is 0 Å². The lowest BCUT2D eigenvalue weighted by Crippen LogP contribution is -2.29. The molecule has 0 aromatic heterocycles. The van der Waals surface area contributed by atoms with Gasteiger partial charge in [0.15, 0.2) is 0 Å². The molecular weight excluding hydrogens is 190 g/mol. The quantitative estimate of drug-likeness (QED) is 0.652. The van der Waals surface area contributed by atoms with Crippen LogP contribution in [0, 0.1) is 0 Å². The molecule has 82 valence electrons. The molecule has 0 bridgehead atoms. The maximum absolute atomic E-state index is 2.47. The molecular formula is C12H23NS. The molecule has 0 saturated heterocycles. The van der Waals surface area contributed by atoms with Gasteiger partial charge in [-0.05, 0) is 30.9 Å². The Morgan fingerprint density at radius 2 is 2.29 bits per heavy atom. The van der Waals surface area contributed by atoms with Crippen LogP contribution in [0.2, 0.25) is 0 Å². The first-order valence-electron chi connectivity index (χ1n) is 5.77. The fourth-order valence-electron chi connectivity index (χ4n) is 1.92. The fourth-order valence-corrected chi connectivity index (χ4v) is 2.85. The SMILES string of the molecule is CCCCCC1CCSC=C(C)N1C. The number of nitrogens with zero attached hydrogens (tertiary/aromatic N) is 1. The van der Waals surface area contributed by atoms with Gasteiger partial charge in [0.25, 0.3) is 0 Å². The van der Waals surface area contributed by atoms with Gasteiger partial charge in [-0.2, -0.15) is 0 Å². The summed E-state index contributed by atoms with van der Waals surface area (Å²) in [4.78, 5) is 2.47. The van der Waals surface area contributed by atoms with Crippen LogP contribution >= 0.6 is 11.8 Å². The summed E-state index contributed by atoms with van der Waals surface area (Å²) in [6, 6.07) is 0.785. The van der Waals surface area contributed by atoms with Crippen LogP contribution in [-0.4, -0.2) is 23.7 Å². The summed E-state index contributed by atoms with van der Waals surface area (Å²) < 4.78 is 0. The van der Waals surface area contributed by atoms with Crippen LogP contribution in [0.5, 0.6) is 0 Å². The number of thioether (sulfide) groups is 1. The molecule has 0 aromatic rings. The number of rotatable bonds is 4. The fraction of sp³-hybridized carbons (Fsp3) is 0.833. The van der Waals surface area contributed by atoms with Crippen molar-refractivity contribution in [1.82, 2.24) is 4.90 Å². The molecule has 1 atom stereocenters. The van der Waals surface area contributed by atoms with E-state index in [1.165, 1.54) is 43.6 Å². The van der Waals surface area contributed by atoms with Crippen molar-refractivity contribution >= 4 is 11.8 Å². The van der Waals surface area contributed by atoms with Crippen molar-refractivity contribution < 1.29 is 0 Å². The summed E-state index contributed by atoms with van der Waals surface area (Å²) in [5.74, 6) is 1.29. The Balaban J connectivity index is 2.38. The average Bonchev–Trinajstić information content (AvgIpc) is 2.33. The molecule has 0 radical (unpaired) electrons. The topological polar surface area (TPSA) is 3.24 Å². The molecule has 0 amide bonds. The largest absolute Gasteiger partial charge is 0.375 e. The second-order valence-electron chi connectivity index (χ2n) is 4.18. The molecule has 1 nitrogen and oxygen atoms in total. The first-order chi connectivity index (χ1) is 6.75. The Labute approximate surface area is 92.9 Å². The molecule has 0 spiro atoms. The summed E-state index contributed by atoms with van der Waals surface area (Å²) in [6.45, 7) is 4.50. The zero-order valence-corrected chi connectivity index (χ0v) is 10.6. The van der Waals surface area contributed by atoms with E-state index >= 15 is 0 Å². The minimum atomic E-state index is 0.785. The highest BCUT2D eigenvalue weighted by Gasteiger charge is 2.16. The van der Waals surface area contributed by atoms with Crippen LogP contribution in [-0.2, 0) is 0 Å². The summed E-state index contributed by atoms with van der Waals surface area (Å²) in [6.07, 6.45) is 6.83. The molecule has 1 unspecified atom stereocenters. The van der Waals surface area contributed by atoms with Crippen molar-refractivity contribution in [3.8, 4) is 0 Å². The molecule has 14 heavy (non-hydrogen) atoms. The van der Waals surface area contributed by atoms with E-state index in [0.29, 0.717) is 0 Å². The van der Waals surface area contributed by atoms with E-state index in [2.05, 4.69) is 31.2 Å². The van der Waals surface area contributed by atoms with E-state index in [0.717, 1.165) is 6.04 Å². The van der Waals surface area contributed by atoms with Gasteiger partial charge in [0, 0.05) is 18.8 Å². The number of allylic oxidation sites excluding steroid dienone is 1. The van der Waals surface area contributed by atoms with Gasteiger partial charge < -0.3 is 4.90 Å². The smallest absolute Gasteiger partial charge is 0.0291 e. The second-order valence-corrected chi connectivity index (χ2v) is 5.16. The first kappa shape index (κ1) is 12.0. The minimum Gasteiger partial charge on any atom is -0.375 e. The average molecular weight is 213 g/mol. The lowest BCUT2D eigenvalue weighted by molar-refractivity contribution is 0.277. The second kappa shape index (κ2) is 6.39. The van der Waals surface area contributed by atoms with E-state index in [9.17, 15) is 0 Å². The zero-order chi connectivity index (χ0) is 10.4. The summed E-state index contributed by atoms with van der Waals surface area (Å²) in [5.41, 5.74) is 1.44.